The predicted octanol–water partition coefficient (Wildman–Crippen LogP) is 3.04. The molecule has 0 amide bonds. The van der Waals surface area contributed by atoms with E-state index in [4.69, 9.17) is 4.74 Å². The first-order chi connectivity index (χ1) is 12.4. The number of nitrogens with zero attached hydrogens (tertiary/aromatic N) is 1. The van der Waals surface area contributed by atoms with Gasteiger partial charge in [-0.3, -0.25) is 14.8 Å². The van der Waals surface area contributed by atoms with Gasteiger partial charge in [0.05, 0.1) is 19.2 Å². The standard InChI is InChI=1S/C18H15BrN2O5/c1-26-16-14(22)4-9(5-15(16)23)7-20-8-13-12-6-10(19)2-3-11(12)17(24)21-18(13)25/h2-6,8,22-23H,7H2,1H3,(H2,21,24,25). The highest BCUT2D eigenvalue weighted by molar-refractivity contribution is 9.10. The molecule has 0 bridgehead atoms. The van der Waals surface area contributed by atoms with E-state index in [1.54, 1.807) is 18.2 Å². The molecule has 0 spiro atoms. The maximum Gasteiger partial charge on any atom is 0.258 e. The van der Waals surface area contributed by atoms with Gasteiger partial charge in [-0.25, -0.2) is 0 Å². The second kappa shape index (κ2) is 7.09. The number of phenols is 2. The fraction of sp³-hybridized carbons (Fsp3) is 0.111. The van der Waals surface area contributed by atoms with E-state index in [9.17, 15) is 20.1 Å². The Morgan fingerprint density at radius 2 is 1.85 bits per heavy atom. The molecule has 0 radical (unpaired) electrons. The lowest BCUT2D eigenvalue weighted by atomic mass is 10.1. The van der Waals surface area contributed by atoms with E-state index in [2.05, 4.69) is 25.9 Å². The van der Waals surface area contributed by atoms with Crippen LogP contribution < -0.4 is 10.3 Å². The third kappa shape index (κ3) is 3.36. The van der Waals surface area contributed by atoms with Crippen LogP contribution in [0.5, 0.6) is 23.1 Å². The molecule has 1 aromatic heterocycles. The quantitative estimate of drug-likeness (QED) is 0.486. The summed E-state index contributed by atoms with van der Waals surface area (Å²) < 4.78 is 5.64. The number of methoxy groups -OCH3 is 1. The van der Waals surface area contributed by atoms with Crippen LogP contribution in [-0.4, -0.2) is 33.6 Å². The van der Waals surface area contributed by atoms with Gasteiger partial charge in [-0.15, -0.1) is 0 Å². The number of rotatable bonds is 4. The number of benzene rings is 2. The summed E-state index contributed by atoms with van der Waals surface area (Å²) in [6.07, 6.45) is 1.43. The second-order valence-electron chi connectivity index (χ2n) is 5.54. The molecule has 0 fully saturated rings. The van der Waals surface area contributed by atoms with E-state index in [0.29, 0.717) is 21.9 Å². The lowest BCUT2D eigenvalue weighted by molar-refractivity contribution is 0.344. The predicted molar refractivity (Wildman–Crippen MR) is 102 cm³/mol. The molecule has 1 heterocycles. The van der Waals surface area contributed by atoms with Crippen molar-refractivity contribution in [3.05, 3.63) is 56.3 Å². The zero-order valence-electron chi connectivity index (χ0n) is 13.7. The SMILES string of the molecule is COc1c(O)cc(CN=Cc2c(O)[nH]c(=O)c3ccc(Br)cc23)cc1O. The van der Waals surface area contributed by atoms with Crippen LogP contribution in [0, 0.1) is 0 Å². The average Bonchev–Trinajstić information content (AvgIpc) is 2.57. The number of hydrogen-bond donors (Lipinski definition) is 4. The van der Waals surface area contributed by atoms with Crippen LogP contribution in [0.4, 0.5) is 0 Å². The first-order valence-corrected chi connectivity index (χ1v) is 8.33. The molecular formula is C18H15BrN2O5. The number of pyridine rings is 1. The van der Waals surface area contributed by atoms with Crippen LogP contribution in [0.25, 0.3) is 10.8 Å². The first-order valence-electron chi connectivity index (χ1n) is 7.54. The van der Waals surface area contributed by atoms with Crippen LogP contribution in [0.1, 0.15) is 11.1 Å². The number of halogens is 1. The Morgan fingerprint density at radius 1 is 1.15 bits per heavy atom. The molecule has 0 atom stereocenters. The lowest BCUT2D eigenvalue weighted by Gasteiger charge is -2.08. The summed E-state index contributed by atoms with van der Waals surface area (Å²) in [6.45, 7) is 0.138. The Kier molecular flexibility index (Phi) is 4.85. The second-order valence-corrected chi connectivity index (χ2v) is 6.46. The zero-order valence-corrected chi connectivity index (χ0v) is 15.2. The van der Waals surface area contributed by atoms with Gasteiger partial charge < -0.3 is 20.1 Å². The van der Waals surface area contributed by atoms with Gasteiger partial charge in [-0.1, -0.05) is 15.9 Å². The Hall–Kier alpha value is -3.00. The fourth-order valence-electron chi connectivity index (χ4n) is 2.64. The molecule has 0 saturated carbocycles. The molecular weight excluding hydrogens is 404 g/mol. The summed E-state index contributed by atoms with van der Waals surface area (Å²) in [4.78, 5) is 18.6. The van der Waals surface area contributed by atoms with Gasteiger partial charge in [0.15, 0.2) is 11.5 Å². The molecule has 0 aliphatic carbocycles. The van der Waals surface area contributed by atoms with E-state index in [1.165, 1.54) is 25.5 Å². The smallest absolute Gasteiger partial charge is 0.258 e. The van der Waals surface area contributed by atoms with Crippen molar-refractivity contribution in [3.63, 3.8) is 0 Å². The number of fused-ring (bicyclic) bond motifs is 1. The molecule has 4 N–H and O–H groups in total. The molecule has 0 unspecified atom stereocenters. The number of aromatic nitrogens is 1. The first kappa shape index (κ1) is 17.8. The van der Waals surface area contributed by atoms with Crippen LogP contribution in [-0.2, 0) is 6.54 Å². The maximum absolute atomic E-state index is 12.0. The largest absolute Gasteiger partial charge is 0.504 e. The number of nitrogens with one attached hydrogen (secondary N) is 1. The summed E-state index contributed by atoms with van der Waals surface area (Å²) in [7, 11) is 1.34. The highest BCUT2D eigenvalue weighted by Crippen LogP contribution is 2.36. The third-order valence-corrected chi connectivity index (χ3v) is 4.30. The van der Waals surface area contributed by atoms with E-state index < -0.39 is 5.56 Å². The van der Waals surface area contributed by atoms with Gasteiger partial charge in [0.2, 0.25) is 11.6 Å². The number of aromatic hydroxyl groups is 3. The van der Waals surface area contributed by atoms with Crippen LogP contribution >= 0.6 is 15.9 Å². The van der Waals surface area contributed by atoms with Crippen LogP contribution in [0.15, 0.2) is 44.6 Å². The van der Waals surface area contributed by atoms with E-state index >= 15 is 0 Å². The monoisotopic (exact) mass is 418 g/mol. The topological polar surface area (TPSA) is 115 Å². The highest BCUT2D eigenvalue weighted by atomic mass is 79.9. The molecule has 7 nitrogen and oxygen atoms in total. The molecule has 0 saturated heterocycles. The number of aliphatic imine (C=N–C) groups is 1. The summed E-state index contributed by atoms with van der Waals surface area (Å²) in [5.41, 5.74) is 0.515. The molecule has 8 heteroatoms. The van der Waals surface area contributed by atoms with E-state index in [-0.39, 0.29) is 29.7 Å². The fourth-order valence-corrected chi connectivity index (χ4v) is 3.00. The summed E-state index contributed by atoms with van der Waals surface area (Å²) in [5.74, 6) is -0.686. The summed E-state index contributed by atoms with van der Waals surface area (Å²) in [6, 6.07) is 7.96. The van der Waals surface area contributed by atoms with E-state index in [1.807, 2.05) is 0 Å². The van der Waals surface area contributed by atoms with Crippen molar-refractivity contribution in [1.82, 2.24) is 4.98 Å². The van der Waals surface area contributed by atoms with Crippen molar-refractivity contribution in [1.29, 1.82) is 0 Å². The number of ether oxygens (including phenoxy) is 1. The van der Waals surface area contributed by atoms with Crippen molar-refractivity contribution < 1.29 is 20.1 Å². The molecule has 26 heavy (non-hydrogen) atoms. The number of hydrogen-bond acceptors (Lipinski definition) is 6. The minimum absolute atomic E-state index is 0.00754. The Balaban J connectivity index is 1.97. The van der Waals surface area contributed by atoms with E-state index in [0.717, 1.165) is 4.47 Å². The number of H-pyrrole nitrogens is 1. The maximum atomic E-state index is 12.0. The Labute approximate surface area is 156 Å². The van der Waals surface area contributed by atoms with Gasteiger partial charge in [-0.2, -0.15) is 0 Å². The molecule has 3 aromatic rings. The minimum atomic E-state index is -0.396. The number of phenolic OH excluding ortho intramolecular Hbond substituents is 2. The minimum Gasteiger partial charge on any atom is -0.504 e. The molecule has 134 valence electrons. The van der Waals surface area contributed by atoms with Gasteiger partial charge in [0, 0.05) is 21.5 Å². The molecule has 3 rings (SSSR count). The third-order valence-electron chi connectivity index (χ3n) is 3.81. The van der Waals surface area contributed by atoms with Crippen LogP contribution in [0.3, 0.4) is 0 Å². The molecule has 0 aliphatic rings. The summed E-state index contributed by atoms with van der Waals surface area (Å²) in [5, 5.41) is 30.7. The normalized spacial score (nSPS) is 11.3. The van der Waals surface area contributed by atoms with Gasteiger partial charge in [0.1, 0.15) is 0 Å². The van der Waals surface area contributed by atoms with Gasteiger partial charge in [0.25, 0.3) is 5.56 Å². The highest BCUT2D eigenvalue weighted by Gasteiger charge is 2.11. The Morgan fingerprint density at radius 3 is 2.50 bits per heavy atom. The molecule has 0 aliphatic heterocycles. The van der Waals surface area contributed by atoms with Crippen molar-refractivity contribution in [2.24, 2.45) is 4.99 Å². The Bertz CT molecular complexity index is 1050. The van der Waals surface area contributed by atoms with Crippen molar-refractivity contribution >= 4 is 32.9 Å². The van der Waals surface area contributed by atoms with Crippen molar-refractivity contribution in [3.8, 4) is 23.1 Å². The van der Waals surface area contributed by atoms with Gasteiger partial charge >= 0.3 is 0 Å². The van der Waals surface area contributed by atoms with Gasteiger partial charge in [-0.05, 0) is 35.9 Å². The van der Waals surface area contributed by atoms with Crippen molar-refractivity contribution in [2.75, 3.05) is 7.11 Å². The summed E-state index contributed by atoms with van der Waals surface area (Å²) >= 11 is 3.34. The number of aromatic amines is 1. The zero-order chi connectivity index (χ0) is 18.8. The molecule has 2 aromatic carbocycles. The van der Waals surface area contributed by atoms with Crippen LogP contribution in [0.2, 0.25) is 0 Å². The average molecular weight is 419 g/mol. The lowest BCUT2D eigenvalue weighted by Crippen LogP contribution is -2.08. The van der Waals surface area contributed by atoms with Crippen molar-refractivity contribution in [2.45, 2.75) is 6.54 Å².